The Morgan fingerprint density at radius 2 is 2.08 bits per heavy atom. The van der Waals surface area contributed by atoms with Crippen LogP contribution >= 0.6 is 0 Å². The Kier molecular flexibility index (Phi) is 5.64. The summed E-state index contributed by atoms with van der Waals surface area (Å²) in [5, 5.41) is 26.9. The van der Waals surface area contributed by atoms with Crippen molar-refractivity contribution in [2.75, 3.05) is 6.61 Å². The number of rotatable bonds is 7. The lowest BCUT2D eigenvalue weighted by Gasteiger charge is -2.15. The Bertz CT molecular complexity index is 724. The van der Waals surface area contributed by atoms with Gasteiger partial charge in [-0.1, -0.05) is 6.92 Å². The highest BCUT2D eigenvalue weighted by atomic mass is 16.6. The van der Waals surface area contributed by atoms with Crippen LogP contribution in [0.2, 0.25) is 0 Å². The topological polar surface area (TPSA) is 110 Å². The summed E-state index contributed by atoms with van der Waals surface area (Å²) < 4.78 is 1.53. The number of non-ortho nitro benzene ring substituents is 1. The van der Waals surface area contributed by atoms with Crippen molar-refractivity contribution >= 4 is 11.6 Å². The zero-order valence-corrected chi connectivity index (χ0v) is 13.6. The Hall–Kier alpha value is -2.74. The molecule has 0 aliphatic rings. The van der Waals surface area contributed by atoms with E-state index in [1.165, 1.54) is 16.8 Å². The molecule has 24 heavy (non-hydrogen) atoms. The molecule has 8 heteroatoms. The number of carbonyl (C=O) groups excluding carboxylic acids is 1. The number of aliphatic hydroxyl groups is 1. The Morgan fingerprint density at radius 1 is 1.42 bits per heavy atom. The molecule has 2 aromatic rings. The first kappa shape index (κ1) is 17.6. The van der Waals surface area contributed by atoms with E-state index in [0.29, 0.717) is 29.7 Å². The average Bonchev–Trinajstić information content (AvgIpc) is 2.96. The van der Waals surface area contributed by atoms with E-state index in [9.17, 15) is 14.9 Å². The van der Waals surface area contributed by atoms with E-state index in [1.807, 2.05) is 6.92 Å². The number of nitro benzene ring substituents is 1. The summed E-state index contributed by atoms with van der Waals surface area (Å²) >= 11 is 0. The SMILES string of the molecule is CCC(CCO)NC(=O)c1cn(C)nc1-c1ccc([N+](=O)[O-])cc1. The van der Waals surface area contributed by atoms with Crippen molar-refractivity contribution < 1.29 is 14.8 Å². The molecule has 1 unspecified atom stereocenters. The minimum atomic E-state index is -0.476. The van der Waals surface area contributed by atoms with Gasteiger partial charge in [0.1, 0.15) is 5.69 Å². The van der Waals surface area contributed by atoms with Gasteiger partial charge >= 0.3 is 0 Å². The first-order chi connectivity index (χ1) is 11.5. The van der Waals surface area contributed by atoms with Gasteiger partial charge in [-0.15, -0.1) is 0 Å². The van der Waals surface area contributed by atoms with Crippen LogP contribution in [-0.2, 0) is 7.05 Å². The molecule has 0 saturated carbocycles. The molecule has 2 rings (SSSR count). The average molecular weight is 332 g/mol. The van der Waals surface area contributed by atoms with Crippen molar-refractivity contribution in [1.82, 2.24) is 15.1 Å². The van der Waals surface area contributed by atoms with E-state index in [-0.39, 0.29) is 24.2 Å². The van der Waals surface area contributed by atoms with Gasteiger partial charge in [-0.05, 0) is 25.0 Å². The maximum Gasteiger partial charge on any atom is 0.269 e. The number of hydrogen-bond donors (Lipinski definition) is 2. The van der Waals surface area contributed by atoms with Crippen LogP contribution in [0.1, 0.15) is 30.1 Å². The van der Waals surface area contributed by atoms with E-state index in [2.05, 4.69) is 10.4 Å². The minimum Gasteiger partial charge on any atom is -0.396 e. The molecule has 0 radical (unpaired) electrons. The zero-order chi connectivity index (χ0) is 17.7. The number of nitro groups is 1. The fraction of sp³-hybridized carbons (Fsp3) is 0.375. The number of hydrogen-bond acceptors (Lipinski definition) is 5. The van der Waals surface area contributed by atoms with E-state index in [0.717, 1.165) is 0 Å². The second-order valence-corrected chi connectivity index (χ2v) is 5.46. The van der Waals surface area contributed by atoms with Gasteiger partial charge in [0.2, 0.25) is 0 Å². The Morgan fingerprint density at radius 3 is 2.62 bits per heavy atom. The van der Waals surface area contributed by atoms with E-state index < -0.39 is 4.92 Å². The summed E-state index contributed by atoms with van der Waals surface area (Å²) in [6.45, 7) is 1.93. The van der Waals surface area contributed by atoms with Gasteiger partial charge in [-0.2, -0.15) is 5.10 Å². The third kappa shape index (κ3) is 3.96. The number of aryl methyl sites for hydroxylation is 1. The molecule has 0 bridgehead atoms. The van der Waals surface area contributed by atoms with Crippen LogP contribution in [0.25, 0.3) is 11.3 Å². The lowest BCUT2D eigenvalue weighted by molar-refractivity contribution is -0.384. The zero-order valence-electron chi connectivity index (χ0n) is 13.6. The maximum absolute atomic E-state index is 12.5. The van der Waals surface area contributed by atoms with Crippen LogP contribution in [0.3, 0.4) is 0 Å². The lowest BCUT2D eigenvalue weighted by Crippen LogP contribution is -2.35. The summed E-state index contributed by atoms with van der Waals surface area (Å²) in [7, 11) is 1.71. The normalized spacial score (nSPS) is 12.0. The highest BCUT2D eigenvalue weighted by molar-refractivity contribution is 6.00. The molecule has 1 aromatic heterocycles. The summed E-state index contributed by atoms with van der Waals surface area (Å²) in [5.74, 6) is -0.281. The quantitative estimate of drug-likeness (QED) is 0.594. The molecule has 2 N–H and O–H groups in total. The van der Waals surface area contributed by atoms with E-state index in [4.69, 9.17) is 5.11 Å². The molecule has 1 atom stereocenters. The van der Waals surface area contributed by atoms with Crippen molar-refractivity contribution in [3.63, 3.8) is 0 Å². The molecule has 8 nitrogen and oxygen atoms in total. The summed E-state index contributed by atoms with van der Waals surface area (Å²) in [4.78, 5) is 22.8. The van der Waals surface area contributed by atoms with Crippen LogP contribution in [0, 0.1) is 10.1 Å². The van der Waals surface area contributed by atoms with Crippen molar-refractivity contribution in [2.45, 2.75) is 25.8 Å². The third-order valence-corrected chi connectivity index (χ3v) is 3.73. The first-order valence-corrected chi connectivity index (χ1v) is 7.66. The summed E-state index contributed by atoms with van der Waals surface area (Å²) in [6, 6.07) is 5.79. The fourth-order valence-electron chi connectivity index (χ4n) is 2.41. The van der Waals surface area contributed by atoms with Crippen LogP contribution in [0.5, 0.6) is 0 Å². The van der Waals surface area contributed by atoms with Gasteiger partial charge in [-0.3, -0.25) is 19.6 Å². The summed E-state index contributed by atoms with van der Waals surface area (Å²) in [6.07, 6.45) is 2.80. The molecule has 1 heterocycles. The van der Waals surface area contributed by atoms with Gasteiger partial charge < -0.3 is 10.4 Å². The monoisotopic (exact) mass is 332 g/mol. The smallest absolute Gasteiger partial charge is 0.269 e. The molecule has 0 aliphatic heterocycles. The number of aromatic nitrogens is 2. The first-order valence-electron chi connectivity index (χ1n) is 7.66. The predicted molar refractivity (Wildman–Crippen MR) is 88.5 cm³/mol. The van der Waals surface area contributed by atoms with Gasteiger partial charge in [0.15, 0.2) is 0 Å². The minimum absolute atomic E-state index is 0.00103. The van der Waals surface area contributed by atoms with Crippen molar-refractivity contribution in [2.24, 2.45) is 7.05 Å². The Balaban J connectivity index is 2.29. The molecule has 0 fully saturated rings. The van der Waals surface area contributed by atoms with Gasteiger partial charge in [0.05, 0.1) is 10.5 Å². The van der Waals surface area contributed by atoms with E-state index in [1.54, 1.807) is 25.4 Å². The molecule has 128 valence electrons. The second-order valence-electron chi connectivity index (χ2n) is 5.46. The molecular weight excluding hydrogens is 312 g/mol. The van der Waals surface area contributed by atoms with Gasteiger partial charge in [0.25, 0.3) is 11.6 Å². The highest BCUT2D eigenvalue weighted by Crippen LogP contribution is 2.24. The largest absolute Gasteiger partial charge is 0.396 e. The van der Waals surface area contributed by atoms with Crippen LogP contribution in [-0.4, -0.2) is 38.4 Å². The number of amides is 1. The number of aliphatic hydroxyl groups excluding tert-OH is 1. The number of benzene rings is 1. The Labute approximate surface area is 139 Å². The van der Waals surface area contributed by atoms with E-state index >= 15 is 0 Å². The molecule has 0 aliphatic carbocycles. The van der Waals surface area contributed by atoms with Crippen molar-refractivity contribution in [3.8, 4) is 11.3 Å². The molecule has 0 saturated heterocycles. The van der Waals surface area contributed by atoms with Gasteiger partial charge in [-0.25, -0.2) is 0 Å². The second kappa shape index (κ2) is 7.69. The molecule has 0 spiro atoms. The van der Waals surface area contributed by atoms with Crippen LogP contribution in [0.15, 0.2) is 30.5 Å². The predicted octanol–water partition coefficient (Wildman–Crippen LogP) is 1.89. The van der Waals surface area contributed by atoms with Gasteiger partial charge in [0, 0.05) is 43.6 Å². The standard InChI is InChI=1S/C16H20N4O4/c1-3-12(8-9-21)17-16(22)14-10-19(2)18-15(14)11-4-6-13(7-5-11)20(23)24/h4-7,10,12,21H,3,8-9H2,1-2H3,(H,17,22). The maximum atomic E-state index is 12.5. The number of nitrogens with zero attached hydrogens (tertiary/aromatic N) is 3. The highest BCUT2D eigenvalue weighted by Gasteiger charge is 2.20. The van der Waals surface area contributed by atoms with Crippen LogP contribution in [0.4, 0.5) is 5.69 Å². The van der Waals surface area contributed by atoms with Crippen LogP contribution < -0.4 is 5.32 Å². The molecular formula is C16H20N4O4. The number of carbonyl (C=O) groups is 1. The summed E-state index contributed by atoms with van der Waals surface area (Å²) in [5.41, 5.74) is 1.46. The third-order valence-electron chi connectivity index (χ3n) is 3.73. The lowest BCUT2D eigenvalue weighted by atomic mass is 10.1. The number of nitrogens with one attached hydrogen (secondary N) is 1. The fourth-order valence-corrected chi connectivity index (χ4v) is 2.41. The molecule has 1 amide bonds. The van der Waals surface area contributed by atoms with Crippen molar-refractivity contribution in [3.05, 3.63) is 46.1 Å². The molecule has 1 aromatic carbocycles. The van der Waals surface area contributed by atoms with Crippen molar-refractivity contribution in [1.29, 1.82) is 0 Å².